The summed E-state index contributed by atoms with van der Waals surface area (Å²) in [6.07, 6.45) is 0. The van der Waals surface area contributed by atoms with Crippen molar-refractivity contribution in [1.82, 2.24) is 15.2 Å². The summed E-state index contributed by atoms with van der Waals surface area (Å²) in [5.41, 5.74) is 3.57. The van der Waals surface area contributed by atoms with Crippen molar-refractivity contribution in [3.05, 3.63) is 112 Å². The molecule has 0 fully saturated rings. The molecule has 2 N–H and O–H groups in total. The number of rotatable bonds is 7. The molecular formula is C26H25N3O2S. The van der Waals surface area contributed by atoms with Crippen molar-refractivity contribution in [2.75, 3.05) is 7.11 Å². The quantitative estimate of drug-likeness (QED) is 0.409. The highest BCUT2D eigenvalue weighted by Gasteiger charge is 2.14. The van der Waals surface area contributed by atoms with E-state index in [0.29, 0.717) is 30.3 Å². The molecule has 3 aromatic carbocycles. The maximum Gasteiger partial charge on any atom is 0.253 e. The average Bonchev–Trinajstić information content (AvgIpc) is 2.83. The maximum atomic E-state index is 12.8. The molecular weight excluding hydrogens is 418 g/mol. The fourth-order valence-corrected chi connectivity index (χ4v) is 3.77. The van der Waals surface area contributed by atoms with Gasteiger partial charge in [-0.2, -0.15) is 0 Å². The van der Waals surface area contributed by atoms with E-state index >= 15 is 0 Å². The van der Waals surface area contributed by atoms with E-state index in [1.54, 1.807) is 7.11 Å². The van der Waals surface area contributed by atoms with Gasteiger partial charge in [-0.25, -0.2) is 0 Å². The second-order valence-corrected chi connectivity index (χ2v) is 7.95. The number of fused-ring (bicyclic) bond motifs is 1. The maximum absolute atomic E-state index is 12.8. The molecule has 0 aliphatic rings. The molecule has 0 atom stereocenters. The second-order valence-electron chi connectivity index (χ2n) is 7.56. The van der Waals surface area contributed by atoms with Crippen molar-refractivity contribution < 1.29 is 4.74 Å². The first kappa shape index (κ1) is 21.6. The number of pyridine rings is 1. The number of methoxy groups -OCH3 is 1. The topological polar surface area (TPSA) is 57.4 Å². The number of benzene rings is 3. The third kappa shape index (κ3) is 5.34. The van der Waals surface area contributed by atoms with Gasteiger partial charge in [-0.3, -0.25) is 4.79 Å². The minimum Gasteiger partial charge on any atom is -0.497 e. The van der Waals surface area contributed by atoms with Gasteiger partial charge in [0.05, 0.1) is 13.7 Å². The molecule has 0 unspecified atom stereocenters. The van der Waals surface area contributed by atoms with Crippen LogP contribution in [-0.2, 0) is 19.6 Å². The highest BCUT2D eigenvalue weighted by molar-refractivity contribution is 7.80. The number of hydrogen-bond donors (Lipinski definition) is 2. The van der Waals surface area contributed by atoms with Crippen LogP contribution >= 0.6 is 12.2 Å². The summed E-state index contributed by atoms with van der Waals surface area (Å²) in [5, 5.41) is 4.86. The molecule has 0 radical (unpaired) electrons. The fraction of sp³-hybridized carbons (Fsp3) is 0.154. The van der Waals surface area contributed by atoms with E-state index in [-0.39, 0.29) is 5.56 Å². The Kier molecular flexibility index (Phi) is 6.82. The number of ether oxygens (including phenoxy) is 1. The monoisotopic (exact) mass is 443 g/mol. The van der Waals surface area contributed by atoms with Crippen molar-refractivity contribution in [3.63, 3.8) is 0 Å². The second kappa shape index (κ2) is 10.1. The fourth-order valence-electron chi connectivity index (χ4n) is 3.57. The molecule has 0 aliphatic carbocycles. The molecule has 0 saturated heterocycles. The van der Waals surface area contributed by atoms with Gasteiger partial charge in [-0.05, 0) is 47.6 Å². The minimum atomic E-state index is -0.119. The van der Waals surface area contributed by atoms with Crippen LogP contribution in [0, 0.1) is 0 Å². The van der Waals surface area contributed by atoms with Gasteiger partial charge in [0, 0.05) is 29.6 Å². The summed E-state index contributed by atoms with van der Waals surface area (Å²) in [5.74, 6) is 0.747. The van der Waals surface area contributed by atoms with E-state index < -0.39 is 0 Å². The molecule has 0 amide bonds. The predicted molar refractivity (Wildman–Crippen MR) is 133 cm³/mol. The minimum absolute atomic E-state index is 0.119. The van der Waals surface area contributed by atoms with E-state index in [4.69, 9.17) is 17.0 Å². The Morgan fingerprint density at radius 2 is 1.62 bits per heavy atom. The molecule has 0 bridgehead atoms. The third-order valence-corrected chi connectivity index (χ3v) is 5.68. The molecule has 0 aliphatic heterocycles. The molecule has 1 aromatic heterocycles. The number of aromatic amines is 1. The zero-order valence-electron chi connectivity index (χ0n) is 17.9. The van der Waals surface area contributed by atoms with Gasteiger partial charge in [0.15, 0.2) is 5.11 Å². The molecule has 0 saturated carbocycles. The van der Waals surface area contributed by atoms with E-state index in [2.05, 4.69) is 34.6 Å². The zero-order chi connectivity index (χ0) is 22.3. The van der Waals surface area contributed by atoms with Crippen LogP contribution in [0.2, 0.25) is 0 Å². The first-order chi connectivity index (χ1) is 15.6. The molecule has 1 heterocycles. The Labute approximate surface area is 192 Å². The SMILES string of the molecule is COc1ccc2[nH]c(=O)c(CN(Cc3ccccc3)C(=S)NCc3ccccc3)cc2c1. The Balaban J connectivity index is 1.59. The highest BCUT2D eigenvalue weighted by Crippen LogP contribution is 2.19. The van der Waals surface area contributed by atoms with Crippen molar-refractivity contribution in [1.29, 1.82) is 0 Å². The van der Waals surface area contributed by atoms with E-state index in [1.165, 1.54) is 0 Å². The Morgan fingerprint density at radius 3 is 2.31 bits per heavy atom. The van der Waals surface area contributed by atoms with Gasteiger partial charge in [0.25, 0.3) is 5.56 Å². The van der Waals surface area contributed by atoms with Crippen LogP contribution in [0.1, 0.15) is 16.7 Å². The summed E-state index contributed by atoms with van der Waals surface area (Å²) in [4.78, 5) is 17.8. The number of hydrogen-bond acceptors (Lipinski definition) is 3. The average molecular weight is 444 g/mol. The standard InChI is InChI=1S/C26H25N3O2S/c1-31-23-12-13-24-21(15-23)14-22(25(30)28-24)18-29(17-20-10-6-3-7-11-20)26(32)27-16-19-8-4-2-5-9-19/h2-15H,16-18H2,1H3,(H,27,32)(H,28,30). The molecule has 0 spiro atoms. The van der Waals surface area contributed by atoms with Crippen LogP contribution in [0.25, 0.3) is 10.9 Å². The summed E-state index contributed by atoms with van der Waals surface area (Å²) in [6.45, 7) is 1.60. The number of nitrogens with zero attached hydrogens (tertiary/aromatic N) is 1. The molecule has 4 aromatic rings. The van der Waals surface area contributed by atoms with E-state index in [0.717, 1.165) is 27.8 Å². The summed E-state index contributed by atoms with van der Waals surface area (Å²) in [6, 6.07) is 27.7. The number of aromatic nitrogens is 1. The normalized spacial score (nSPS) is 10.7. The van der Waals surface area contributed by atoms with Crippen LogP contribution in [-0.4, -0.2) is 22.1 Å². The van der Waals surface area contributed by atoms with Crippen LogP contribution in [0.5, 0.6) is 5.75 Å². The lowest BCUT2D eigenvalue weighted by atomic mass is 10.1. The first-order valence-electron chi connectivity index (χ1n) is 10.4. The number of thiocarbonyl (C=S) groups is 1. The largest absolute Gasteiger partial charge is 0.497 e. The van der Waals surface area contributed by atoms with Gasteiger partial charge < -0.3 is 19.9 Å². The van der Waals surface area contributed by atoms with Gasteiger partial charge >= 0.3 is 0 Å². The van der Waals surface area contributed by atoms with E-state index in [9.17, 15) is 4.79 Å². The Morgan fingerprint density at radius 1 is 0.938 bits per heavy atom. The van der Waals surface area contributed by atoms with Gasteiger partial charge in [0.1, 0.15) is 5.75 Å². The van der Waals surface area contributed by atoms with Crippen LogP contribution in [0.4, 0.5) is 0 Å². The van der Waals surface area contributed by atoms with Crippen molar-refractivity contribution in [2.24, 2.45) is 0 Å². The smallest absolute Gasteiger partial charge is 0.253 e. The Hall–Kier alpha value is -3.64. The zero-order valence-corrected chi connectivity index (χ0v) is 18.7. The number of nitrogens with one attached hydrogen (secondary N) is 2. The summed E-state index contributed by atoms with van der Waals surface area (Å²) in [7, 11) is 1.63. The van der Waals surface area contributed by atoms with Crippen LogP contribution in [0.15, 0.2) is 89.7 Å². The first-order valence-corrected chi connectivity index (χ1v) is 10.8. The molecule has 5 nitrogen and oxygen atoms in total. The third-order valence-electron chi connectivity index (χ3n) is 5.28. The van der Waals surface area contributed by atoms with Gasteiger partial charge in [0.2, 0.25) is 0 Å². The van der Waals surface area contributed by atoms with Crippen molar-refractivity contribution in [3.8, 4) is 5.75 Å². The molecule has 4 rings (SSSR count). The van der Waals surface area contributed by atoms with Crippen LogP contribution in [0.3, 0.4) is 0 Å². The van der Waals surface area contributed by atoms with Crippen LogP contribution < -0.4 is 15.6 Å². The van der Waals surface area contributed by atoms with Crippen molar-refractivity contribution in [2.45, 2.75) is 19.6 Å². The lowest BCUT2D eigenvalue weighted by molar-refractivity contribution is 0.397. The highest BCUT2D eigenvalue weighted by atomic mass is 32.1. The predicted octanol–water partition coefficient (Wildman–Crippen LogP) is 4.61. The van der Waals surface area contributed by atoms with Gasteiger partial charge in [-0.15, -0.1) is 0 Å². The Bertz CT molecular complexity index is 1260. The molecule has 32 heavy (non-hydrogen) atoms. The van der Waals surface area contributed by atoms with Gasteiger partial charge in [-0.1, -0.05) is 60.7 Å². The van der Waals surface area contributed by atoms with E-state index in [1.807, 2.05) is 65.6 Å². The molecule has 6 heteroatoms. The summed E-state index contributed by atoms with van der Waals surface area (Å²) < 4.78 is 5.33. The lowest BCUT2D eigenvalue weighted by Gasteiger charge is -2.26. The number of H-pyrrole nitrogens is 1. The lowest BCUT2D eigenvalue weighted by Crippen LogP contribution is -2.39. The summed E-state index contributed by atoms with van der Waals surface area (Å²) >= 11 is 5.73. The molecule has 162 valence electrons. The van der Waals surface area contributed by atoms with Crippen molar-refractivity contribution >= 4 is 28.2 Å².